The van der Waals surface area contributed by atoms with E-state index in [9.17, 15) is 14.7 Å². The lowest BCUT2D eigenvalue weighted by Gasteiger charge is -2.39. The number of carbonyl (C=O) groups excluding carboxylic acids is 1. The van der Waals surface area contributed by atoms with E-state index in [4.69, 9.17) is 0 Å². The van der Waals surface area contributed by atoms with Crippen molar-refractivity contribution < 1.29 is 14.7 Å². The molecular weight excluding hydrogens is 480 g/mol. The number of hydrogen-bond donors (Lipinski definition) is 3. The summed E-state index contributed by atoms with van der Waals surface area (Å²) in [4.78, 5) is 30.2. The highest BCUT2D eigenvalue weighted by molar-refractivity contribution is 5.94. The SMILES string of the molecule is CC(=O)N1c2ccc(-c3cnn(CCC(NC(=O)O)C(C)(C)C)c3)cc2[C@H](Nc2cc(C)ccn2)C[C@@H]1C. The van der Waals surface area contributed by atoms with Crippen LogP contribution in [-0.4, -0.2) is 44.0 Å². The summed E-state index contributed by atoms with van der Waals surface area (Å²) in [5.41, 5.74) is 4.85. The number of carboxylic acid groups (broad SMARTS) is 1. The monoisotopic (exact) mass is 518 g/mol. The molecule has 38 heavy (non-hydrogen) atoms. The molecule has 1 aliphatic rings. The summed E-state index contributed by atoms with van der Waals surface area (Å²) >= 11 is 0. The van der Waals surface area contributed by atoms with Crippen LogP contribution in [0, 0.1) is 12.3 Å². The minimum atomic E-state index is -1.02. The number of hydrogen-bond acceptors (Lipinski definition) is 5. The minimum Gasteiger partial charge on any atom is -0.465 e. The van der Waals surface area contributed by atoms with Gasteiger partial charge in [0.15, 0.2) is 0 Å². The van der Waals surface area contributed by atoms with Crippen LogP contribution in [0.3, 0.4) is 0 Å². The van der Waals surface area contributed by atoms with Crippen molar-refractivity contribution in [2.24, 2.45) is 5.41 Å². The van der Waals surface area contributed by atoms with E-state index >= 15 is 0 Å². The first-order valence-electron chi connectivity index (χ1n) is 13.1. The predicted octanol–water partition coefficient (Wildman–Crippen LogP) is 5.62. The van der Waals surface area contributed by atoms with Crippen molar-refractivity contribution in [3.05, 3.63) is 60.0 Å². The zero-order chi connectivity index (χ0) is 27.6. The van der Waals surface area contributed by atoms with Gasteiger partial charge in [-0.25, -0.2) is 9.78 Å². The van der Waals surface area contributed by atoms with E-state index in [1.54, 1.807) is 13.1 Å². The number of carbonyl (C=O) groups is 2. The van der Waals surface area contributed by atoms with Crippen molar-refractivity contribution >= 4 is 23.5 Å². The van der Waals surface area contributed by atoms with E-state index in [0.717, 1.165) is 40.2 Å². The van der Waals surface area contributed by atoms with Gasteiger partial charge in [0.25, 0.3) is 0 Å². The molecule has 0 fully saturated rings. The van der Waals surface area contributed by atoms with Gasteiger partial charge < -0.3 is 20.6 Å². The first kappa shape index (κ1) is 27.2. The van der Waals surface area contributed by atoms with Crippen molar-refractivity contribution in [2.45, 2.75) is 79.1 Å². The molecule has 9 heteroatoms. The molecule has 0 radical (unpaired) electrons. The van der Waals surface area contributed by atoms with E-state index in [1.807, 2.05) is 73.9 Å². The molecule has 202 valence electrons. The van der Waals surface area contributed by atoms with E-state index in [2.05, 4.69) is 33.7 Å². The van der Waals surface area contributed by atoms with E-state index in [1.165, 1.54) is 0 Å². The molecule has 2 amide bonds. The standard InChI is InChI=1S/C29H38N6O3/c1-18-9-11-30-27(13-18)32-24-14-19(2)35(20(3)36)25-8-7-21(15-23(24)25)22-16-31-34(17-22)12-10-26(29(4,5)6)33-28(37)38/h7-9,11,13,15-17,19,24,26,33H,10,12,14H2,1-6H3,(H,30,32)(H,37,38)/t19-,24+,26?/m0/s1. The summed E-state index contributed by atoms with van der Waals surface area (Å²) in [6.07, 6.45) is 5.99. The van der Waals surface area contributed by atoms with Gasteiger partial charge in [-0.05, 0) is 73.1 Å². The van der Waals surface area contributed by atoms with Gasteiger partial charge in [-0.1, -0.05) is 26.8 Å². The normalized spacial score (nSPS) is 18.0. The number of rotatable bonds is 7. The summed E-state index contributed by atoms with van der Waals surface area (Å²) in [6, 6.07) is 10.0. The van der Waals surface area contributed by atoms with Crippen molar-refractivity contribution in [3.63, 3.8) is 0 Å². The Bertz CT molecular complexity index is 1310. The smallest absolute Gasteiger partial charge is 0.404 e. The molecule has 0 bridgehead atoms. The van der Waals surface area contributed by atoms with Gasteiger partial charge in [-0.2, -0.15) is 5.10 Å². The average molecular weight is 519 g/mol. The van der Waals surface area contributed by atoms with Gasteiger partial charge in [0.1, 0.15) is 5.82 Å². The number of anilines is 2. The maximum absolute atomic E-state index is 12.5. The van der Waals surface area contributed by atoms with Gasteiger partial charge >= 0.3 is 6.09 Å². The summed E-state index contributed by atoms with van der Waals surface area (Å²) in [6.45, 7) is 12.4. The first-order valence-corrected chi connectivity index (χ1v) is 13.1. The fourth-order valence-electron chi connectivity index (χ4n) is 5.22. The number of aromatic nitrogens is 3. The Hall–Kier alpha value is -3.88. The van der Waals surface area contributed by atoms with Crippen LogP contribution < -0.4 is 15.5 Å². The van der Waals surface area contributed by atoms with Crippen molar-refractivity contribution in [1.29, 1.82) is 0 Å². The Morgan fingerprint density at radius 1 is 1.18 bits per heavy atom. The van der Waals surface area contributed by atoms with Crippen LogP contribution in [0.2, 0.25) is 0 Å². The fraction of sp³-hybridized carbons (Fsp3) is 0.448. The maximum atomic E-state index is 12.5. The lowest BCUT2D eigenvalue weighted by molar-refractivity contribution is -0.117. The van der Waals surface area contributed by atoms with Crippen LogP contribution in [0.4, 0.5) is 16.3 Å². The summed E-state index contributed by atoms with van der Waals surface area (Å²) in [7, 11) is 0. The van der Waals surface area contributed by atoms with Crippen LogP contribution in [0.1, 0.15) is 64.6 Å². The quantitative estimate of drug-likeness (QED) is 0.374. The Balaban J connectivity index is 1.61. The number of amides is 2. The molecule has 1 aliphatic heterocycles. The highest BCUT2D eigenvalue weighted by atomic mass is 16.4. The largest absolute Gasteiger partial charge is 0.465 e. The molecule has 9 nitrogen and oxygen atoms in total. The topological polar surface area (TPSA) is 112 Å². The Labute approximate surface area is 224 Å². The number of benzene rings is 1. The third kappa shape index (κ3) is 6.15. The van der Waals surface area contributed by atoms with Crippen LogP contribution in [0.25, 0.3) is 11.1 Å². The number of pyridine rings is 1. The second kappa shape index (κ2) is 10.8. The molecule has 0 saturated heterocycles. The van der Waals surface area contributed by atoms with E-state index in [0.29, 0.717) is 13.0 Å². The lowest BCUT2D eigenvalue weighted by atomic mass is 9.85. The maximum Gasteiger partial charge on any atom is 0.404 e. The minimum absolute atomic E-state index is 0.00506. The third-order valence-electron chi connectivity index (χ3n) is 7.21. The Morgan fingerprint density at radius 2 is 1.95 bits per heavy atom. The Morgan fingerprint density at radius 3 is 2.61 bits per heavy atom. The second-order valence-electron chi connectivity index (χ2n) is 11.3. The highest BCUT2D eigenvalue weighted by Gasteiger charge is 2.33. The molecule has 4 rings (SSSR count). The predicted molar refractivity (Wildman–Crippen MR) is 149 cm³/mol. The van der Waals surface area contributed by atoms with Crippen molar-refractivity contribution in [3.8, 4) is 11.1 Å². The van der Waals surface area contributed by atoms with Crippen LogP contribution in [0.15, 0.2) is 48.9 Å². The molecule has 0 aliphatic carbocycles. The van der Waals surface area contributed by atoms with Crippen LogP contribution in [-0.2, 0) is 11.3 Å². The molecule has 2 aromatic heterocycles. The molecule has 3 N–H and O–H groups in total. The van der Waals surface area contributed by atoms with Gasteiger partial charge in [0.2, 0.25) is 5.91 Å². The number of aryl methyl sites for hydroxylation is 2. The molecule has 0 saturated carbocycles. The zero-order valence-corrected chi connectivity index (χ0v) is 23.0. The average Bonchev–Trinajstić information content (AvgIpc) is 3.29. The Kier molecular flexibility index (Phi) is 7.76. The van der Waals surface area contributed by atoms with E-state index in [-0.39, 0.29) is 29.4 Å². The molecule has 3 aromatic rings. The highest BCUT2D eigenvalue weighted by Crippen LogP contribution is 2.41. The van der Waals surface area contributed by atoms with Gasteiger partial charge in [-0.3, -0.25) is 9.48 Å². The molecule has 3 atom stereocenters. The molecule has 0 spiro atoms. The third-order valence-corrected chi connectivity index (χ3v) is 7.21. The van der Waals surface area contributed by atoms with Crippen LogP contribution in [0.5, 0.6) is 0 Å². The summed E-state index contributed by atoms with van der Waals surface area (Å²) in [5, 5.41) is 20.0. The molecular formula is C29H38N6O3. The van der Waals surface area contributed by atoms with Crippen molar-refractivity contribution in [1.82, 2.24) is 20.1 Å². The second-order valence-corrected chi connectivity index (χ2v) is 11.3. The molecule has 3 heterocycles. The number of nitrogens with zero attached hydrogens (tertiary/aromatic N) is 4. The number of nitrogens with one attached hydrogen (secondary N) is 2. The van der Waals surface area contributed by atoms with Gasteiger partial charge in [0, 0.05) is 49.2 Å². The molecule has 1 unspecified atom stereocenters. The van der Waals surface area contributed by atoms with Gasteiger partial charge in [0.05, 0.1) is 12.2 Å². The first-order chi connectivity index (χ1) is 17.9. The van der Waals surface area contributed by atoms with Crippen LogP contribution >= 0.6 is 0 Å². The summed E-state index contributed by atoms with van der Waals surface area (Å²) in [5.74, 6) is 0.834. The zero-order valence-electron chi connectivity index (χ0n) is 23.0. The molecule has 1 aromatic carbocycles. The fourth-order valence-corrected chi connectivity index (χ4v) is 5.22. The lowest BCUT2D eigenvalue weighted by Crippen LogP contribution is -2.43. The van der Waals surface area contributed by atoms with Crippen molar-refractivity contribution in [2.75, 3.05) is 10.2 Å². The summed E-state index contributed by atoms with van der Waals surface area (Å²) < 4.78 is 1.85. The van der Waals surface area contributed by atoms with Gasteiger partial charge in [-0.15, -0.1) is 0 Å². The van der Waals surface area contributed by atoms with E-state index < -0.39 is 6.09 Å². The number of fused-ring (bicyclic) bond motifs is 1.